The number of aromatic nitrogens is 1. The number of rotatable bonds is 1. The molecule has 0 amide bonds. The van der Waals surface area contributed by atoms with Crippen LogP contribution in [-0.4, -0.2) is 4.98 Å². The summed E-state index contributed by atoms with van der Waals surface area (Å²) in [6, 6.07) is 3.41. The molecule has 15 heavy (non-hydrogen) atoms. The molecular formula is C11H17ClN2O. The Morgan fingerprint density at radius 2 is 1.87 bits per heavy atom. The highest BCUT2D eigenvalue weighted by atomic mass is 35.5. The molecule has 4 heteroatoms. The summed E-state index contributed by atoms with van der Waals surface area (Å²) in [7, 11) is 0. The van der Waals surface area contributed by atoms with Crippen molar-refractivity contribution in [3.63, 3.8) is 0 Å². The minimum absolute atomic E-state index is 0. The van der Waals surface area contributed by atoms with Gasteiger partial charge in [0.15, 0.2) is 0 Å². The van der Waals surface area contributed by atoms with Gasteiger partial charge in [-0.05, 0) is 18.4 Å². The molecule has 0 saturated heterocycles. The molecule has 0 unspecified atom stereocenters. The van der Waals surface area contributed by atoms with Gasteiger partial charge in [0.05, 0.1) is 0 Å². The summed E-state index contributed by atoms with van der Waals surface area (Å²) in [6.07, 6.45) is 7.47. The number of pyridine rings is 1. The molecule has 1 aliphatic rings. The normalized spacial score (nSPS) is 19.3. The molecule has 84 valence electrons. The molecule has 1 heterocycles. The first-order valence-corrected chi connectivity index (χ1v) is 5.19. The van der Waals surface area contributed by atoms with Gasteiger partial charge in [0.25, 0.3) is 0 Å². The third kappa shape index (κ3) is 2.61. The van der Waals surface area contributed by atoms with Gasteiger partial charge >= 0.3 is 0 Å². The van der Waals surface area contributed by atoms with Gasteiger partial charge in [0.2, 0.25) is 5.56 Å². The standard InChI is InChI=1S/C11H16N2O.ClH/c12-11(6-2-1-3-7-11)9-4-5-10(14)13-8-9;/h4-5,8H,1-3,6-7,12H2,(H,13,14);1H. The van der Waals surface area contributed by atoms with Gasteiger partial charge in [0.1, 0.15) is 0 Å². The van der Waals surface area contributed by atoms with Crippen molar-refractivity contribution in [3.05, 3.63) is 34.2 Å². The van der Waals surface area contributed by atoms with Crippen LogP contribution < -0.4 is 11.3 Å². The first-order chi connectivity index (χ1) is 6.71. The van der Waals surface area contributed by atoms with Crippen molar-refractivity contribution in [2.45, 2.75) is 37.6 Å². The second kappa shape index (κ2) is 4.81. The van der Waals surface area contributed by atoms with E-state index in [2.05, 4.69) is 4.98 Å². The predicted molar refractivity (Wildman–Crippen MR) is 63.3 cm³/mol. The van der Waals surface area contributed by atoms with E-state index in [9.17, 15) is 4.79 Å². The summed E-state index contributed by atoms with van der Waals surface area (Å²) in [5.74, 6) is 0. The molecule has 0 spiro atoms. The minimum atomic E-state index is -0.206. The number of hydrogen-bond acceptors (Lipinski definition) is 2. The van der Waals surface area contributed by atoms with E-state index in [0.29, 0.717) is 0 Å². The molecule has 0 aliphatic heterocycles. The average Bonchev–Trinajstić information content (AvgIpc) is 2.19. The van der Waals surface area contributed by atoms with Crippen LogP contribution in [0.2, 0.25) is 0 Å². The molecule has 0 radical (unpaired) electrons. The van der Waals surface area contributed by atoms with Gasteiger partial charge in [0, 0.05) is 17.8 Å². The molecule has 1 aliphatic carbocycles. The Balaban J connectivity index is 0.00000112. The summed E-state index contributed by atoms with van der Waals surface area (Å²) >= 11 is 0. The van der Waals surface area contributed by atoms with E-state index in [-0.39, 0.29) is 23.5 Å². The monoisotopic (exact) mass is 228 g/mol. The van der Waals surface area contributed by atoms with E-state index in [0.717, 1.165) is 18.4 Å². The number of aromatic amines is 1. The van der Waals surface area contributed by atoms with E-state index in [1.807, 2.05) is 6.07 Å². The maximum Gasteiger partial charge on any atom is 0.247 e. The Morgan fingerprint density at radius 3 is 2.40 bits per heavy atom. The Bertz CT molecular complexity index is 349. The fraction of sp³-hybridized carbons (Fsp3) is 0.545. The van der Waals surface area contributed by atoms with Crippen LogP contribution in [0.4, 0.5) is 0 Å². The maximum absolute atomic E-state index is 10.9. The molecule has 1 saturated carbocycles. The van der Waals surface area contributed by atoms with Crippen molar-refractivity contribution in [1.82, 2.24) is 4.98 Å². The molecule has 1 aromatic heterocycles. The Labute approximate surface area is 95.5 Å². The van der Waals surface area contributed by atoms with Crippen LogP contribution in [0.15, 0.2) is 23.1 Å². The third-order valence-corrected chi connectivity index (χ3v) is 3.10. The number of nitrogens with one attached hydrogen (secondary N) is 1. The number of H-pyrrole nitrogens is 1. The highest BCUT2D eigenvalue weighted by Crippen LogP contribution is 2.33. The van der Waals surface area contributed by atoms with Crippen molar-refractivity contribution in [1.29, 1.82) is 0 Å². The molecule has 3 N–H and O–H groups in total. The van der Waals surface area contributed by atoms with Crippen molar-refractivity contribution in [2.75, 3.05) is 0 Å². The maximum atomic E-state index is 10.9. The quantitative estimate of drug-likeness (QED) is 0.772. The molecule has 1 fully saturated rings. The van der Waals surface area contributed by atoms with Crippen LogP contribution in [0, 0.1) is 0 Å². The summed E-state index contributed by atoms with van der Waals surface area (Å²) in [5.41, 5.74) is 7.11. The van der Waals surface area contributed by atoms with Crippen molar-refractivity contribution >= 4 is 12.4 Å². The zero-order valence-corrected chi connectivity index (χ0v) is 9.48. The largest absolute Gasteiger partial charge is 0.329 e. The molecule has 3 nitrogen and oxygen atoms in total. The second-order valence-electron chi connectivity index (χ2n) is 4.16. The van der Waals surface area contributed by atoms with Gasteiger partial charge in [-0.15, -0.1) is 12.4 Å². The molecule has 1 aromatic rings. The van der Waals surface area contributed by atoms with Gasteiger partial charge in [-0.25, -0.2) is 0 Å². The SMILES string of the molecule is Cl.NC1(c2ccc(=O)[nH]c2)CCCCC1. The minimum Gasteiger partial charge on any atom is -0.329 e. The zero-order valence-electron chi connectivity index (χ0n) is 8.66. The van der Waals surface area contributed by atoms with E-state index < -0.39 is 0 Å². The van der Waals surface area contributed by atoms with E-state index in [1.165, 1.54) is 19.3 Å². The smallest absolute Gasteiger partial charge is 0.247 e. The second-order valence-corrected chi connectivity index (χ2v) is 4.16. The predicted octanol–water partition coefficient (Wildman–Crippen LogP) is 1.91. The zero-order chi connectivity index (χ0) is 10.0. The van der Waals surface area contributed by atoms with Crippen LogP contribution in [0.3, 0.4) is 0 Å². The summed E-state index contributed by atoms with van der Waals surface area (Å²) in [5, 5.41) is 0. The lowest BCUT2D eigenvalue weighted by atomic mass is 9.78. The average molecular weight is 229 g/mol. The molecular weight excluding hydrogens is 212 g/mol. The van der Waals surface area contributed by atoms with Gasteiger partial charge in [-0.2, -0.15) is 0 Å². The fourth-order valence-corrected chi connectivity index (χ4v) is 2.19. The molecule has 0 bridgehead atoms. The Kier molecular flexibility index (Phi) is 3.94. The van der Waals surface area contributed by atoms with Crippen molar-refractivity contribution in [2.24, 2.45) is 5.73 Å². The highest BCUT2D eigenvalue weighted by Gasteiger charge is 2.29. The van der Waals surface area contributed by atoms with Crippen LogP contribution >= 0.6 is 12.4 Å². The van der Waals surface area contributed by atoms with Crippen molar-refractivity contribution in [3.8, 4) is 0 Å². The molecule has 0 atom stereocenters. The lowest BCUT2D eigenvalue weighted by Gasteiger charge is -2.33. The van der Waals surface area contributed by atoms with Gasteiger partial charge < -0.3 is 10.7 Å². The third-order valence-electron chi connectivity index (χ3n) is 3.10. The summed E-state index contributed by atoms with van der Waals surface area (Å²) in [4.78, 5) is 13.6. The topological polar surface area (TPSA) is 58.9 Å². The van der Waals surface area contributed by atoms with Crippen LogP contribution in [-0.2, 0) is 5.54 Å². The first-order valence-electron chi connectivity index (χ1n) is 5.19. The van der Waals surface area contributed by atoms with E-state index in [1.54, 1.807) is 12.3 Å². The molecule has 2 rings (SSSR count). The highest BCUT2D eigenvalue weighted by molar-refractivity contribution is 5.85. The Morgan fingerprint density at radius 1 is 1.20 bits per heavy atom. The van der Waals surface area contributed by atoms with E-state index >= 15 is 0 Å². The first kappa shape index (κ1) is 12.3. The summed E-state index contributed by atoms with van der Waals surface area (Å²) < 4.78 is 0. The Hall–Kier alpha value is -0.800. The lowest BCUT2D eigenvalue weighted by Crippen LogP contribution is -2.38. The number of hydrogen-bond donors (Lipinski definition) is 2. The van der Waals surface area contributed by atoms with Gasteiger partial charge in [-0.1, -0.05) is 25.3 Å². The van der Waals surface area contributed by atoms with Crippen molar-refractivity contribution < 1.29 is 0 Å². The fourth-order valence-electron chi connectivity index (χ4n) is 2.19. The summed E-state index contributed by atoms with van der Waals surface area (Å²) in [6.45, 7) is 0. The van der Waals surface area contributed by atoms with Crippen LogP contribution in [0.25, 0.3) is 0 Å². The van der Waals surface area contributed by atoms with Crippen LogP contribution in [0.1, 0.15) is 37.7 Å². The van der Waals surface area contributed by atoms with Crippen LogP contribution in [0.5, 0.6) is 0 Å². The molecule has 0 aromatic carbocycles. The number of halogens is 1. The van der Waals surface area contributed by atoms with Gasteiger partial charge in [-0.3, -0.25) is 4.79 Å². The number of nitrogens with two attached hydrogens (primary N) is 1. The van der Waals surface area contributed by atoms with E-state index in [4.69, 9.17) is 5.73 Å². The lowest BCUT2D eigenvalue weighted by molar-refractivity contribution is 0.301.